The van der Waals surface area contributed by atoms with Gasteiger partial charge in [-0.25, -0.2) is 0 Å². The summed E-state index contributed by atoms with van der Waals surface area (Å²) in [5, 5.41) is 14.0. The topological polar surface area (TPSA) is 74.1 Å². The molecule has 0 aliphatic carbocycles. The molecule has 0 heterocycles. The monoisotopic (exact) mass is 245 g/mol. The summed E-state index contributed by atoms with van der Waals surface area (Å²) in [5.74, 6) is 0.290. The van der Waals surface area contributed by atoms with E-state index in [2.05, 4.69) is 10.6 Å². The Hall–Kier alpha value is -2.48. The van der Waals surface area contributed by atoms with Crippen LogP contribution in [0.1, 0.15) is 6.92 Å². The minimum absolute atomic E-state index is 0.0198. The first-order chi connectivity index (χ1) is 8.71. The molecule has 0 fully saturated rings. The van der Waals surface area contributed by atoms with Gasteiger partial charge in [0.25, 0.3) is 5.91 Å². The third-order valence-corrected chi connectivity index (χ3v) is 2.08. The highest BCUT2D eigenvalue weighted by Gasteiger charge is 2.08. The highest BCUT2D eigenvalue weighted by atomic mass is 16.5. The van der Waals surface area contributed by atoms with E-state index >= 15 is 0 Å². The lowest BCUT2D eigenvalue weighted by Crippen LogP contribution is -2.15. The Morgan fingerprint density at radius 2 is 2.11 bits per heavy atom. The van der Waals surface area contributed by atoms with Crippen molar-refractivity contribution in [3.8, 4) is 11.8 Å². The van der Waals surface area contributed by atoms with Gasteiger partial charge in [-0.2, -0.15) is 5.26 Å². The molecule has 0 saturated heterocycles. The molecule has 0 bridgehead atoms. The Labute approximate surface area is 106 Å². The number of nitrogens with one attached hydrogen (secondary N) is 2. The molecule has 0 radical (unpaired) electrons. The summed E-state index contributed by atoms with van der Waals surface area (Å²) in [7, 11) is 1.63. The molecule has 0 unspecified atom stereocenters. The average Bonchev–Trinajstić information content (AvgIpc) is 2.38. The van der Waals surface area contributed by atoms with Crippen molar-refractivity contribution in [2.24, 2.45) is 0 Å². The van der Waals surface area contributed by atoms with Gasteiger partial charge in [0.05, 0.1) is 6.61 Å². The lowest BCUT2D eigenvalue weighted by atomic mass is 10.2. The van der Waals surface area contributed by atoms with Gasteiger partial charge in [0, 0.05) is 18.9 Å². The standard InChI is InChI=1S/C13H15N3O2/c1-3-18-12-6-4-11(5-7-12)16-13(17)10(8-14)9-15-2/h4-7,9,15H,3H2,1-2H3,(H,16,17)/b10-9-. The number of ether oxygens (including phenoxy) is 1. The summed E-state index contributed by atoms with van der Waals surface area (Å²) in [4.78, 5) is 11.7. The van der Waals surface area contributed by atoms with Crippen LogP contribution in [0.5, 0.6) is 5.75 Å². The van der Waals surface area contributed by atoms with E-state index in [0.717, 1.165) is 5.75 Å². The summed E-state index contributed by atoms with van der Waals surface area (Å²) < 4.78 is 5.29. The van der Waals surface area contributed by atoms with Gasteiger partial charge in [0.1, 0.15) is 17.4 Å². The zero-order valence-electron chi connectivity index (χ0n) is 10.4. The highest BCUT2D eigenvalue weighted by Crippen LogP contribution is 2.16. The molecule has 1 amide bonds. The molecule has 5 nitrogen and oxygen atoms in total. The van der Waals surface area contributed by atoms with Crippen molar-refractivity contribution in [2.45, 2.75) is 6.92 Å². The number of rotatable bonds is 5. The van der Waals surface area contributed by atoms with Crippen LogP contribution >= 0.6 is 0 Å². The second-order valence-corrected chi connectivity index (χ2v) is 3.37. The number of hydrogen-bond acceptors (Lipinski definition) is 4. The number of carbonyl (C=O) groups excluding carboxylic acids is 1. The predicted octanol–water partition coefficient (Wildman–Crippen LogP) is 1.65. The van der Waals surface area contributed by atoms with Crippen molar-refractivity contribution in [1.29, 1.82) is 5.26 Å². The van der Waals surface area contributed by atoms with Gasteiger partial charge in [0.15, 0.2) is 0 Å². The fraction of sp³-hybridized carbons (Fsp3) is 0.231. The number of benzene rings is 1. The molecule has 0 aromatic heterocycles. The van der Waals surface area contributed by atoms with E-state index in [-0.39, 0.29) is 5.57 Å². The molecule has 1 aromatic rings. The van der Waals surface area contributed by atoms with Crippen LogP contribution < -0.4 is 15.4 Å². The van der Waals surface area contributed by atoms with Crippen LogP contribution in [0.4, 0.5) is 5.69 Å². The Morgan fingerprint density at radius 3 is 2.61 bits per heavy atom. The van der Waals surface area contributed by atoms with Crippen molar-refractivity contribution < 1.29 is 9.53 Å². The van der Waals surface area contributed by atoms with Crippen LogP contribution in [0.15, 0.2) is 36.0 Å². The maximum absolute atomic E-state index is 11.7. The molecule has 1 aromatic carbocycles. The largest absolute Gasteiger partial charge is 0.494 e. The number of nitrogens with zero attached hydrogens (tertiary/aromatic N) is 1. The molecular formula is C13H15N3O2. The molecule has 1 rings (SSSR count). The van der Waals surface area contributed by atoms with E-state index < -0.39 is 5.91 Å². The SMILES string of the molecule is CCOc1ccc(NC(=O)/C(C#N)=C\NC)cc1. The summed E-state index contributed by atoms with van der Waals surface area (Å²) in [6.07, 6.45) is 1.35. The molecule has 5 heteroatoms. The van der Waals surface area contributed by atoms with Gasteiger partial charge >= 0.3 is 0 Å². The first-order valence-corrected chi connectivity index (χ1v) is 5.53. The van der Waals surface area contributed by atoms with Gasteiger partial charge in [-0.05, 0) is 31.2 Å². The van der Waals surface area contributed by atoms with Gasteiger partial charge in [-0.3, -0.25) is 4.79 Å². The minimum Gasteiger partial charge on any atom is -0.494 e. The number of hydrogen-bond donors (Lipinski definition) is 2. The van der Waals surface area contributed by atoms with Crippen LogP contribution in [0, 0.1) is 11.3 Å². The number of nitriles is 1. The summed E-state index contributed by atoms with van der Waals surface area (Å²) >= 11 is 0. The molecule has 0 spiro atoms. The molecule has 0 aliphatic rings. The van der Waals surface area contributed by atoms with Crippen LogP contribution in [-0.4, -0.2) is 19.6 Å². The number of carbonyl (C=O) groups is 1. The quantitative estimate of drug-likeness (QED) is 0.611. The zero-order valence-corrected chi connectivity index (χ0v) is 10.4. The first-order valence-electron chi connectivity index (χ1n) is 5.53. The maximum atomic E-state index is 11.7. The van der Waals surface area contributed by atoms with Gasteiger partial charge in [-0.15, -0.1) is 0 Å². The molecule has 0 saturated carbocycles. The fourth-order valence-electron chi connectivity index (χ4n) is 1.29. The second kappa shape index (κ2) is 6.97. The maximum Gasteiger partial charge on any atom is 0.267 e. The number of anilines is 1. The van der Waals surface area contributed by atoms with Gasteiger partial charge < -0.3 is 15.4 Å². The van der Waals surface area contributed by atoms with Crippen LogP contribution in [0.25, 0.3) is 0 Å². The van der Waals surface area contributed by atoms with E-state index in [1.54, 1.807) is 31.3 Å². The van der Waals surface area contributed by atoms with Crippen molar-refractivity contribution in [3.05, 3.63) is 36.0 Å². The van der Waals surface area contributed by atoms with Crippen LogP contribution in [-0.2, 0) is 4.79 Å². The third kappa shape index (κ3) is 3.83. The van der Waals surface area contributed by atoms with Crippen molar-refractivity contribution in [1.82, 2.24) is 5.32 Å². The highest BCUT2D eigenvalue weighted by molar-refractivity contribution is 6.06. The number of amides is 1. The Balaban J connectivity index is 2.70. The lowest BCUT2D eigenvalue weighted by molar-refractivity contribution is -0.112. The first kappa shape index (κ1) is 13.6. The molecule has 18 heavy (non-hydrogen) atoms. The van der Waals surface area contributed by atoms with E-state index in [1.165, 1.54) is 6.20 Å². The Morgan fingerprint density at radius 1 is 1.44 bits per heavy atom. The third-order valence-electron chi connectivity index (χ3n) is 2.08. The van der Waals surface area contributed by atoms with E-state index in [9.17, 15) is 4.79 Å². The van der Waals surface area contributed by atoms with Gasteiger partial charge in [0.2, 0.25) is 0 Å². The van der Waals surface area contributed by atoms with Crippen LogP contribution in [0.3, 0.4) is 0 Å². The minimum atomic E-state index is -0.448. The molecule has 0 atom stereocenters. The molecular weight excluding hydrogens is 230 g/mol. The van der Waals surface area contributed by atoms with E-state index in [0.29, 0.717) is 12.3 Å². The van der Waals surface area contributed by atoms with Crippen LogP contribution in [0.2, 0.25) is 0 Å². The molecule has 2 N–H and O–H groups in total. The summed E-state index contributed by atoms with van der Waals surface area (Å²) in [6.45, 7) is 2.49. The smallest absolute Gasteiger partial charge is 0.267 e. The van der Waals surface area contributed by atoms with Gasteiger partial charge in [-0.1, -0.05) is 0 Å². The normalized spacial score (nSPS) is 10.4. The van der Waals surface area contributed by atoms with E-state index in [1.807, 2.05) is 13.0 Å². The second-order valence-electron chi connectivity index (χ2n) is 3.37. The van der Waals surface area contributed by atoms with Crippen molar-refractivity contribution >= 4 is 11.6 Å². The zero-order chi connectivity index (χ0) is 13.4. The Kier molecular flexibility index (Phi) is 5.26. The van der Waals surface area contributed by atoms with Crippen molar-refractivity contribution in [2.75, 3.05) is 19.0 Å². The fourth-order valence-corrected chi connectivity index (χ4v) is 1.29. The summed E-state index contributed by atoms with van der Waals surface area (Å²) in [5.41, 5.74) is 0.632. The lowest BCUT2D eigenvalue weighted by Gasteiger charge is -2.06. The van der Waals surface area contributed by atoms with Crippen molar-refractivity contribution in [3.63, 3.8) is 0 Å². The Bertz CT molecular complexity index is 472. The summed E-state index contributed by atoms with van der Waals surface area (Å²) in [6, 6.07) is 8.77. The molecule has 0 aliphatic heterocycles. The predicted molar refractivity (Wildman–Crippen MR) is 69.0 cm³/mol. The average molecular weight is 245 g/mol. The molecule has 94 valence electrons. The van der Waals surface area contributed by atoms with E-state index in [4.69, 9.17) is 10.00 Å².